The van der Waals surface area contributed by atoms with Crippen LogP contribution in [0.1, 0.15) is 45.1 Å². The highest BCUT2D eigenvalue weighted by Gasteiger charge is 2.36. The van der Waals surface area contributed by atoms with E-state index in [2.05, 4.69) is 24.4 Å². The Balaban J connectivity index is 2.33. The smallest absolute Gasteiger partial charge is 0.309 e. The summed E-state index contributed by atoms with van der Waals surface area (Å²) in [6.07, 6.45) is 4.11. The molecule has 1 heterocycles. The number of rotatable bonds is 7. The highest BCUT2D eigenvalue weighted by atomic mass is 32.1. The molecule has 108 valence electrons. The van der Waals surface area contributed by atoms with E-state index >= 15 is 0 Å². The molecule has 3 heteroatoms. The number of unbranched alkanes of at least 4 members (excludes halogenated alkanes) is 1. The van der Waals surface area contributed by atoms with Crippen LogP contribution in [0, 0.1) is 5.41 Å². The fourth-order valence-corrected chi connectivity index (χ4v) is 3.74. The van der Waals surface area contributed by atoms with Crippen LogP contribution in [0.5, 0.6) is 0 Å². The Morgan fingerprint density at radius 2 is 2.05 bits per heavy atom. The van der Waals surface area contributed by atoms with Gasteiger partial charge in [-0.05, 0) is 41.7 Å². The molecular weight excluding hydrogens is 268 g/mol. The maximum absolute atomic E-state index is 11.8. The summed E-state index contributed by atoms with van der Waals surface area (Å²) < 4.78 is 1.24. The molecule has 0 radical (unpaired) electrons. The fraction of sp³-hybridized carbons (Fsp3) is 0.471. The Morgan fingerprint density at radius 1 is 1.30 bits per heavy atom. The highest BCUT2D eigenvalue weighted by Crippen LogP contribution is 2.37. The van der Waals surface area contributed by atoms with Crippen LogP contribution in [0.15, 0.2) is 29.6 Å². The molecule has 0 amide bonds. The first-order chi connectivity index (χ1) is 9.63. The molecule has 1 N–H and O–H groups in total. The lowest BCUT2D eigenvalue weighted by molar-refractivity contribution is -0.149. The molecule has 0 aliphatic carbocycles. The van der Waals surface area contributed by atoms with Crippen molar-refractivity contribution in [3.8, 4) is 0 Å². The van der Waals surface area contributed by atoms with E-state index in [1.807, 2.05) is 19.1 Å². The number of carbonyl (C=O) groups is 1. The third kappa shape index (κ3) is 2.88. The van der Waals surface area contributed by atoms with Crippen LogP contribution >= 0.6 is 11.3 Å². The summed E-state index contributed by atoms with van der Waals surface area (Å²) in [5, 5.41) is 13.1. The van der Waals surface area contributed by atoms with Gasteiger partial charge in [0.2, 0.25) is 0 Å². The molecule has 0 fully saturated rings. The molecule has 1 aromatic carbocycles. The van der Waals surface area contributed by atoms with E-state index in [-0.39, 0.29) is 0 Å². The van der Waals surface area contributed by atoms with E-state index in [4.69, 9.17) is 0 Å². The predicted octanol–water partition coefficient (Wildman–Crippen LogP) is 5.12. The summed E-state index contributed by atoms with van der Waals surface area (Å²) in [5.41, 5.74) is 0.575. The van der Waals surface area contributed by atoms with Gasteiger partial charge in [-0.2, -0.15) is 0 Å². The van der Waals surface area contributed by atoms with Crippen molar-refractivity contribution in [1.29, 1.82) is 0 Å². The number of hydrogen-bond donors (Lipinski definition) is 1. The lowest BCUT2D eigenvalue weighted by atomic mass is 9.75. The van der Waals surface area contributed by atoms with Gasteiger partial charge in [-0.25, -0.2) is 0 Å². The first-order valence-electron chi connectivity index (χ1n) is 7.31. The Hall–Kier alpha value is -1.35. The Labute approximate surface area is 124 Å². The molecule has 2 rings (SSSR count). The van der Waals surface area contributed by atoms with Crippen LogP contribution < -0.4 is 0 Å². The molecule has 1 aromatic heterocycles. The minimum atomic E-state index is -0.649. The molecule has 20 heavy (non-hydrogen) atoms. The van der Waals surface area contributed by atoms with Crippen molar-refractivity contribution < 1.29 is 9.90 Å². The molecule has 0 aliphatic rings. The van der Waals surface area contributed by atoms with E-state index in [1.54, 1.807) is 11.3 Å². The van der Waals surface area contributed by atoms with Crippen LogP contribution in [0.2, 0.25) is 0 Å². The van der Waals surface area contributed by atoms with Gasteiger partial charge in [0, 0.05) is 4.70 Å². The molecule has 0 spiro atoms. The standard InChI is InChI=1S/C17H22O2S/c1-3-5-10-17(4-2,16(18)19)11-13-12-20-15-9-7-6-8-14(13)15/h6-9,12H,3-5,10-11H2,1-2H3,(H,18,19). The van der Waals surface area contributed by atoms with Crippen molar-refractivity contribution in [2.45, 2.75) is 46.0 Å². The van der Waals surface area contributed by atoms with E-state index < -0.39 is 11.4 Å². The van der Waals surface area contributed by atoms with Crippen molar-refractivity contribution in [2.24, 2.45) is 5.41 Å². The summed E-state index contributed by atoms with van der Waals surface area (Å²) in [4.78, 5) is 11.8. The first-order valence-corrected chi connectivity index (χ1v) is 8.19. The summed E-state index contributed by atoms with van der Waals surface area (Å²) in [6, 6.07) is 8.26. The van der Waals surface area contributed by atoms with E-state index in [1.165, 1.54) is 15.6 Å². The Kier molecular flexibility index (Phi) is 4.81. The maximum atomic E-state index is 11.8. The van der Waals surface area contributed by atoms with Gasteiger partial charge in [-0.15, -0.1) is 11.3 Å². The zero-order valence-corrected chi connectivity index (χ0v) is 13.0. The monoisotopic (exact) mass is 290 g/mol. The first kappa shape index (κ1) is 15.0. The highest BCUT2D eigenvalue weighted by molar-refractivity contribution is 7.17. The summed E-state index contributed by atoms with van der Waals surface area (Å²) >= 11 is 1.71. The SMILES string of the molecule is CCCCC(CC)(Cc1csc2ccccc12)C(=O)O. The number of carboxylic acid groups (broad SMARTS) is 1. The molecule has 2 nitrogen and oxygen atoms in total. The zero-order valence-electron chi connectivity index (χ0n) is 12.2. The average molecular weight is 290 g/mol. The Bertz CT molecular complexity index is 587. The second-order valence-corrected chi connectivity index (χ2v) is 6.39. The quantitative estimate of drug-likeness (QED) is 0.769. The number of hydrogen-bond acceptors (Lipinski definition) is 2. The topological polar surface area (TPSA) is 37.3 Å². The number of fused-ring (bicyclic) bond motifs is 1. The third-order valence-corrected chi connectivity index (χ3v) is 5.24. The van der Waals surface area contributed by atoms with Gasteiger partial charge in [0.15, 0.2) is 0 Å². The predicted molar refractivity (Wildman–Crippen MR) is 85.4 cm³/mol. The molecule has 0 saturated carbocycles. The summed E-state index contributed by atoms with van der Waals surface area (Å²) in [6.45, 7) is 4.11. The van der Waals surface area contributed by atoms with Crippen LogP contribution in [-0.4, -0.2) is 11.1 Å². The number of aliphatic carboxylic acids is 1. The number of benzene rings is 1. The van der Waals surface area contributed by atoms with E-state index in [0.29, 0.717) is 12.8 Å². The third-order valence-electron chi connectivity index (χ3n) is 4.23. The summed E-state index contributed by atoms with van der Waals surface area (Å²) in [7, 11) is 0. The largest absolute Gasteiger partial charge is 0.481 e. The van der Waals surface area contributed by atoms with Gasteiger partial charge >= 0.3 is 5.97 Å². The van der Waals surface area contributed by atoms with Crippen molar-refractivity contribution in [1.82, 2.24) is 0 Å². The summed E-state index contributed by atoms with van der Waals surface area (Å²) in [5.74, 6) is -0.649. The zero-order chi connectivity index (χ0) is 14.6. The maximum Gasteiger partial charge on any atom is 0.309 e. The van der Waals surface area contributed by atoms with Crippen LogP contribution in [0.25, 0.3) is 10.1 Å². The van der Waals surface area contributed by atoms with Crippen molar-refractivity contribution in [3.63, 3.8) is 0 Å². The average Bonchev–Trinajstić information content (AvgIpc) is 2.86. The van der Waals surface area contributed by atoms with Gasteiger partial charge in [-0.1, -0.05) is 44.9 Å². The van der Waals surface area contributed by atoms with Gasteiger partial charge in [0.1, 0.15) is 0 Å². The minimum Gasteiger partial charge on any atom is -0.481 e. The second kappa shape index (κ2) is 6.40. The molecule has 1 atom stereocenters. The molecule has 1 unspecified atom stereocenters. The van der Waals surface area contributed by atoms with E-state index in [0.717, 1.165) is 19.3 Å². The van der Waals surface area contributed by atoms with Crippen LogP contribution in [-0.2, 0) is 11.2 Å². The van der Waals surface area contributed by atoms with Gasteiger partial charge in [-0.3, -0.25) is 4.79 Å². The lowest BCUT2D eigenvalue weighted by Gasteiger charge is -2.28. The molecule has 0 aliphatic heterocycles. The fourth-order valence-electron chi connectivity index (χ4n) is 2.77. The number of thiophene rings is 1. The van der Waals surface area contributed by atoms with Crippen molar-refractivity contribution in [3.05, 3.63) is 35.2 Å². The Morgan fingerprint density at radius 3 is 2.70 bits per heavy atom. The number of carboxylic acids is 1. The normalized spacial score (nSPS) is 14.3. The molecule has 0 saturated heterocycles. The van der Waals surface area contributed by atoms with Gasteiger partial charge in [0.25, 0.3) is 0 Å². The lowest BCUT2D eigenvalue weighted by Crippen LogP contribution is -2.32. The molecule has 0 bridgehead atoms. The molecule has 2 aromatic rings. The van der Waals surface area contributed by atoms with E-state index in [9.17, 15) is 9.90 Å². The van der Waals surface area contributed by atoms with Crippen molar-refractivity contribution in [2.75, 3.05) is 0 Å². The minimum absolute atomic E-state index is 0.611. The van der Waals surface area contributed by atoms with Gasteiger partial charge in [0.05, 0.1) is 5.41 Å². The van der Waals surface area contributed by atoms with Crippen LogP contribution in [0.3, 0.4) is 0 Å². The van der Waals surface area contributed by atoms with Crippen molar-refractivity contribution >= 4 is 27.4 Å². The van der Waals surface area contributed by atoms with Crippen LogP contribution in [0.4, 0.5) is 0 Å². The molecular formula is C17H22O2S. The second-order valence-electron chi connectivity index (χ2n) is 5.48. The van der Waals surface area contributed by atoms with Gasteiger partial charge < -0.3 is 5.11 Å².